The highest BCUT2D eigenvalue weighted by Gasteiger charge is 2.27. The summed E-state index contributed by atoms with van der Waals surface area (Å²) in [6.45, 7) is 2.71. The number of hydrogen-bond acceptors (Lipinski definition) is 4. The molecule has 164 valence electrons. The highest BCUT2D eigenvalue weighted by Crippen LogP contribution is 2.18. The van der Waals surface area contributed by atoms with Gasteiger partial charge in [0.15, 0.2) is 6.10 Å². The zero-order chi connectivity index (χ0) is 22.2. The lowest BCUT2D eigenvalue weighted by atomic mass is 10.0. The molecule has 1 heterocycles. The Labute approximate surface area is 186 Å². The Morgan fingerprint density at radius 3 is 2.35 bits per heavy atom. The lowest BCUT2D eigenvalue weighted by Gasteiger charge is -2.33. The van der Waals surface area contributed by atoms with Crippen LogP contribution in [0.4, 0.5) is 0 Å². The quantitative estimate of drug-likeness (QED) is 0.688. The summed E-state index contributed by atoms with van der Waals surface area (Å²) < 4.78 is 5.71. The van der Waals surface area contributed by atoms with Crippen molar-refractivity contribution in [3.63, 3.8) is 0 Å². The van der Waals surface area contributed by atoms with Crippen molar-refractivity contribution in [2.24, 2.45) is 0 Å². The van der Waals surface area contributed by atoms with Crippen LogP contribution in [0, 0.1) is 0 Å². The van der Waals surface area contributed by atoms with Gasteiger partial charge in [-0.3, -0.25) is 14.4 Å². The Kier molecular flexibility index (Phi) is 7.89. The number of carbonyl (C=O) groups excluding carboxylic acids is 3. The summed E-state index contributed by atoms with van der Waals surface area (Å²) >= 11 is 5.86. The van der Waals surface area contributed by atoms with E-state index in [1.165, 1.54) is 0 Å². The van der Waals surface area contributed by atoms with Crippen molar-refractivity contribution in [1.29, 1.82) is 0 Å². The number of ether oxygens (including phenoxy) is 1. The molecule has 0 saturated carbocycles. The fourth-order valence-corrected chi connectivity index (χ4v) is 3.53. The first-order valence-electron chi connectivity index (χ1n) is 10.3. The third-order valence-corrected chi connectivity index (χ3v) is 5.34. The maximum absolute atomic E-state index is 12.7. The van der Waals surface area contributed by atoms with Crippen molar-refractivity contribution in [2.75, 3.05) is 19.6 Å². The summed E-state index contributed by atoms with van der Waals surface area (Å²) in [6, 6.07) is 15.6. The second-order valence-corrected chi connectivity index (χ2v) is 7.87. The van der Waals surface area contributed by atoms with Gasteiger partial charge in [0, 0.05) is 29.7 Å². The van der Waals surface area contributed by atoms with E-state index in [0.29, 0.717) is 42.3 Å². The van der Waals surface area contributed by atoms with Gasteiger partial charge in [-0.05, 0) is 56.2 Å². The summed E-state index contributed by atoms with van der Waals surface area (Å²) in [4.78, 5) is 38.6. The third kappa shape index (κ3) is 6.72. The Morgan fingerprint density at radius 2 is 1.71 bits per heavy atom. The fraction of sp³-hybridized carbons (Fsp3) is 0.348. The predicted molar refractivity (Wildman–Crippen MR) is 118 cm³/mol. The number of nitrogens with one attached hydrogen (secondary N) is 2. The van der Waals surface area contributed by atoms with E-state index in [1.807, 2.05) is 6.07 Å². The molecule has 0 spiro atoms. The summed E-state index contributed by atoms with van der Waals surface area (Å²) in [5.74, 6) is -0.0286. The highest BCUT2D eigenvalue weighted by atomic mass is 35.5. The van der Waals surface area contributed by atoms with E-state index in [0.717, 1.165) is 0 Å². The lowest BCUT2D eigenvalue weighted by molar-refractivity contribution is -0.139. The SMILES string of the molecule is CC(Oc1ccc(Cl)cc1)C(=O)N1CCC(NC(=O)CNC(=O)c2ccccc2)CC1. The minimum absolute atomic E-state index is 0.0299. The third-order valence-electron chi connectivity index (χ3n) is 5.09. The number of amides is 3. The van der Waals surface area contributed by atoms with Crippen LogP contribution in [0.3, 0.4) is 0 Å². The van der Waals surface area contributed by atoms with Gasteiger partial charge in [-0.15, -0.1) is 0 Å². The van der Waals surface area contributed by atoms with Crippen LogP contribution in [0.15, 0.2) is 54.6 Å². The molecule has 1 unspecified atom stereocenters. The maximum Gasteiger partial charge on any atom is 0.263 e. The summed E-state index contributed by atoms with van der Waals surface area (Å²) in [6.07, 6.45) is 0.691. The number of likely N-dealkylation sites (tertiary alicyclic amines) is 1. The zero-order valence-electron chi connectivity index (χ0n) is 17.3. The van der Waals surface area contributed by atoms with Crippen LogP contribution in [-0.2, 0) is 9.59 Å². The molecule has 1 fully saturated rings. The Hall–Kier alpha value is -3.06. The standard InChI is InChI=1S/C23H26ClN3O4/c1-16(31-20-9-7-18(24)8-10-20)23(30)27-13-11-19(12-14-27)26-21(28)15-25-22(29)17-5-3-2-4-6-17/h2-10,16,19H,11-15H2,1H3,(H,25,29)(H,26,28). The number of halogens is 1. The predicted octanol–water partition coefficient (Wildman–Crippen LogP) is 2.64. The zero-order valence-corrected chi connectivity index (χ0v) is 18.1. The van der Waals surface area contributed by atoms with Gasteiger partial charge >= 0.3 is 0 Å². The molecular formula is C23H26ClN3O4. The van der Waals surface area contributed by atoms with Crippen molar-refractivity contribution in [3.8, 4) is 5.75 Å². The number of benzene rings is 2. The van der Waals surface area contributed by atoms with Crippen LogP contribution in [0.1, 0.15) is 30.1 Å². The smallest absolute Gasteiger partial charge is 0.263 e. The van der Waals surface area contributed by atoms with Gasteiger partial charge in [-0.25, -0.2) is 0 Å². The number of piperidine rings is 1. The monoisotopic (exact) mass is 443 g/mol. The van der Waals surface area contributed by atoms with Crippen LogP contribution in [-0.4, -0.2) is 54.4 Å². The first kappa shape index (κ1) is 22.6. The van der Waals surface area contributed by atoms with Gasteiger partial charge in [0.2, 0.25) is 5.91 Å². The second-order valence-electron chi connectivity index (χ2n) is 7.43. The van der Waals surface area contributed by atoms with Crippen LogP contribution in [0.2, 0.25) is 5.02 Å². The van der Waals surface area contributed by atoms with Crippen LogP contribution in [0.5, 0.6) is 5.75 Å². The van der Waals surface area contributed by atoms with Gasteiger partial charge < -0.3 is 20.3 Å². The molecule has 0 aromatic heterocycles. The topological polar surface area (TPSA) is 87.7 Å². The van der Waals surface area contributed by atoms with Crippen molar-refractivity contribution >= 4 is 29.3 Å². The van der Waals surface area contributed by atoms with E-state index in [9.17, 15) is 14.4 Å². The van der Waals surface area contributed by atoms with Crippen molar-refractivity contribution in [3.05, 3.63) is 65.2 Å². The molecule has 0 radical (unpaired) electrons. The molecule has 3 rings (SSSR count). The van der Waals surface area contributed by atoms with Crippen LogP contribution in [0.25, 0.3) is 0 Å². The molecule has 1 saturated heterocycles. The minimum atomic E-state index is -0.611. The molecular weight excluding hydrogens is 418 g/mol. The van der Waals surface area contributed by atoms with Gasteiger partial charge in [0.05, 0.1) is 6.54 Å². The van der Waals surface area contributed by atoms with Crippen LogP contribution >= 0.6 is 11.6 Å². The Bertz CT molecular complexity index is 897. The van der Waals surface area contributed by atoms with Gasteiger partial charge in [-0.2, -0.15) is 0 Å². The van der Waals surface area contributed by atoms with E-state index >= 15 is 0 Å². The molecule has 31 heavy (non-hydrogen) atoms. The lowest BCUT2D eigenvalue weighted by Crippen LogP contribution is -2.50. The van der Waals surface area contributed by atoms with E-state index in [-0.39, 0.29) is 30.3 Å². The molecule has 1 aliphatic heterocycles. The normalized spacial score (nSPS) is 15.1. The molecule has 0 aliphatic carbocycles. The van der Waals surface area contributed by atoms with E-state index in [4.69, 9.17) is 16.3 Å². The molecule has 7 nitrogen and oxygen atoms in total. The first-order valence-corrected chi connectivity index (χ1v) is 10.6. The molecule has 1 aliphatic rings. The minimum Gasteiger partial charge on any atom is -0.481 e. The fourth-order valence-electron chi connectivity index (χ4n) is 3.40. The van der Waals surface area contributed by atoms with Gasteiger partial charge in [0.1, 0.15) is 5.75 Å². The van der Waals surface area contributed by atoms with Crippen molar-refractivity contribution in [1.82, 2.24) is 15.5 Å². The van der Waals surface area contributed by atoms with Crippen molar-refractivity contribution in [2.45, 2.75) is 31.9 Å². The summed E-state index contributed by atoms with van der Waals surface area (Å²) in [7, 11) is 0. The summed E-state index contributed by atoms with van der Waals surface area (Å²) in [5, 5.41) is 6.15. The number of rotatable bonds is 7. The summed E-state index contributed by atoms with van der Waals surface area (Å²) in [5.41, 5.74) is 0.511. The van der Waals surface area contributed by atoms with E-state index in [1.54, 1.807) is 60.4 Å². The molecule has 1 atom stereocenters. The molecule has 2 N–H and O–H groups in total. The molecule has 0 bridgehead atoms. The van der Waals surface area contributed by atoms with E-state index < -0.39 is 6.10 Å². The molecule has 8 heteroatoms. The van der Waals surface area contributed by atoms with Gasteiger partial charge in [0.25, 0.3) is 11.8 Å². The highest BCUT2D eigenvalue weighted by molar-refractivity contribution is 6.30. The number of carbonyl (C=O) groups is 3. The van der Waals surface area contributed by atoms with E-state index in [2.05, 4.69) is 10.6 Å². The van der Waals surface area contributed by atoms with Crippen LogP contribution < -0.4 is 15.4 Å². The average Bonchev–Trinajstić information content (AvgIpc) is 2.79. The Balaban J connectivity index is 1.38. The molecule has 2 aromatic rings. The first-order chi connectivity index (χ1) is 14.9. The number of hydrogen-bond donors (Lipinski definition) is 2. The molecule has 3 amide bonds. The van der Waals surface area contributed by atoms with Gasteiger partial charge in [-0.1, -0.05) is 29.8 Å². The largest absolute Gasteiger partial charge is 0.481 e. The molecule has 2 aromatic carbocycles. The Morgan fingerprint density at radius 1 is 1.06 bits per heavy atom. The second kappa shape index (κ2) is 10.8. The van der Waals surface area contributed by atoms with Crippen molar-refractivity contribution < 1.29 is 19.1 Å². The number of nitrogens with zero attached hydrogens (tertiary/aromatic N) is 1. The maximum atomic E-state index is 12.7. The average molecular weight is 444 g/mol.